The zero-order chi connectivity index (χ0) is 12.1. The van der Waals surface area contributed by atoms with E-state index in [1.54, 1.807) is 0 Å². The van der Waals surface area contributed by atoms with Crippen LogP contribution in [0.3, 0.4) is 0 Å². The van der Waals surface area contributed by atoms with E-state index in [0.29, 0.717) is 5.41 Å². The number of hydrogen-bond donors (Lipinski definition) is 1. The number of hydrogen-bond acceptors (Lipinski definition) is 3. The quantitative estimate of drug-likeness (QED) is 0.701. The summed E-state index contributed by atoms with van der Waals surface area (Å²) in [6.07, 6.45) is 6.70. The molecule has 0 amide bonds. The predicted octanol–water partition coefficient (Wildman–Crippen LogP) is 1.88. The fourth-order valence-corrected chi connectivity index (χ4v) is 2.97. The van der Waals surface area contributed by atoms with Crippen molar-refractivity contribution in [3.63, 3.8) is 0 Å². The van der Waals surface area contributed by atoms with Crippen LogP contribution < -0.4 is 5.32 Å². The summed E-state index contributed by atoms with van der Waals surface area (Å²) in [5, 5.41) is 3.36. The molecule has 0 aromatic rings. The molecule has 2 rings (SSSR count). The molecular weight excluding hydrogens is 212 g/mol. The van der Waals surface area contributed by atoms with Gasteiger partial charge >= 0.3 is 0 Å². The predicted molar refractivity (Wildman–Crippen MR) is 71.3 cm³/mol. The van der Waals surface area contributed by atoms with Crippen LogP contribution in [0.25, 0.3) is 0 Å². The SMILES string of the molecule is CCCCN(CC1(CNC)CCOC1)C1CC1. The van der Waals surface area contributed by atoms with E-state index < -0.39 is 0 Å². The maximum atomic E-state index is 5.65. The van der Waals surface area contributed by atoms with Crippen LogP contribution in [0, 0.1) is 5.41 Å². The van der Waals surface area contributed by atoms with Gasteiger partial charge < -0.3 is 10.1 Å². The van der Waals surface area contributed by atoms with Crippen molar-refractivity contribution in [1.29, 1.82) is 0 Å². The largest absolute Gasteiger partial charge is 0.381 e. The van der Waals surface area contributed by atoms with Gasteiger partial charge in [-0.1, -0.05) is 13.3 Å². The molecular formula is C14H28N2O. The Morgan fingerprint density at radius 1 is 1.41 bits per heavy atom. The molecule has 3 nitrogen and oxygen atoms in total. The van der Waals surface area contributed by atoms with Crippen molar-refractivity contribution < 1.29 is 4.74 Å². The molecule has 1 saturated carbocycles. The van der Waals surface area contributed by atoms with Gasteiger partial charge in [-0.05, 0) is 39.3 Å². The van der Waals surface area contributed by atoms with Crippen LogP contribution in [0.1, 0.15) is 39.0 Å². The highest BCUT2D eigenvalue weighted by Gasteiger charge is 2.39. The Kier molecular flexibility index (Phi) is 4.83. The molecule has 2 fully saturated rings. The van der Waals surface area contributed by atoms with Crippen LogP contribution in [-0.4, -0.2) is 50.8 Å². The minimum absolute atomic E-state index is 0.380. The summed E-state index contributed by atoms with van der Waals surface area (Å²) in [5.74, 6) is 0. The van der Waals surface area contributed by atoms with Gasteiger partial charge in [0, 0.05) is 31.2 Å². The van der Waals surface area contributed by atoms with Gasteiger partial charge in [-0.3, -0.25) is 4.90 Å². The molecule has 1 saturated heterocycles. The summed E-state index contributed by atoms with van der Waals surface area (Å²) >= 11 is 0. The highest BCUT2D eigenvalue weighted by molar-refractivity contribution is 4.93. The first-order valence-electron chi connectivity index (χ1n) is 7.26. The summed E-state index contributed by atoms with van der Waals surface area (Å²) in [4.78, 5) is 2.73. The molecule has 0 radical (unpaired) electrons. The average Bonchev–Trinajstić information content (AvgIpc) is 3.07. The van der Waals surface area contributed by atoms with Crippen molar-refractivity contribution in [3.05, 3.63) is 0 Å². The summed E-state index contributed by atoms with van der Waals surface area (Å²) in [7, 11) is 2.06. The molecule has 2 aliphatic rings. The monoisotopic (exact) mass is 240 g/mol. The molecule has 1 unspecified atom stereocenters. The third kappa shape index (κ3) is 3.67. The lowest BCUT2D eigenvalue weighted by Crippen LogP contribution is -2.45. The van der Waals surface area contributed by atoms with Crippen molar-refractivity contribution in [1.82, 2.24) is 10.2 Å². The summed E-state index contributed by atoms with van der Waals surface area (Å²) in [6, 6.07) is 0.885. The molecule has 0 aromatic heterocycles. The van der Waals surface area contributed by atoms with Crippen LogP contribution in [0.4, 0.5) is 0 Å². The molecule has 0 spiro atoms. The van der Waals surface area contributed by atoms with Crippen LogP contribution in [0.2, 0.25) is 0 Å². The highest BCUT2D eigenvalue weighted by atomic mass is 16.5. The Morgan fingerprint density at radius 3 is 2.76 bits per heavy atom. The second kappa shape index (κ2) is 6.17. The minimum Gasteiger partial charge on any atom is -0.381 e. The maximum Gasteiger partial charge on any atom is 0.0547 e. The molecule has 17 heavy (non-hydrogen) atoms. The zero-order valence-corrected chi connectivity index (χ0v) is 11.5. The van der Waals surface area contributed by atoms with Crippen LogP contribution >= 0.6 is 0 Å². The summed E-state index contributed by atoms with van der Waals surface area (Å²) < 4.78 is 5.65. The van der Waals surface area contributed by atoms with Gasteiger partial charge in [0.05, 0.1) is 6.61 Å². The van der Waals surface area contributed by atoms with E-state index in [2.05, 4.69) is 24.2 Å². The van der Waals surface area contributed by atoms with Gasteiger partial charge in [0.25, 0.3) is 0 Å². The van der Waals surface area contributed by atoms with Crippen molar-refractivity contribution in [2.45, 2.75) is 45.1 Å². The van der Waals surface area contributed by atoms with Crippen molar-refractivity contribution in [3.8, 4) is 0 Å². The normalized spacial score (nSPS) is 29.1. The summed E-state index contributed by atoms with van der Waals surface area (Å²) in [5.41, 5.74) is 0.380. The maximum absolute atomic E-state index is 5.65. The van der Waals surface area contributed by atoms with Gasteiger partial charge in [0.1, 0.15) is 0 Å². The first kappa shape index (κ1) is 13.3. The number of ether oxygens (including phenoxy) is 1. The van der Waals surface area contributed by atoms with E-state index in [0.717, 1.165) is 25.8 Å². The number of nitrogens with one attached hydrogen (secondary N) is 1. The molecule has 0 bridgehead atoms. The van der Waals surface area contributed by atoms with Crippen LogP contribution in [0.5, 0.6) is 0 Å². The smallest absolute Gasteiger partial charge is 0.0547 e. The van der Waals surface area contributed by atoms with Crippen LogP contribution in [-0.2, 0) is 4.74 Å². The van der Waals surface area contributed by atoms with E-state index in [9.17, 15) is 0 Å². The Morgan fingerprint density at radius 2 is 2.24 bits per heavy atom. The summed E-state index contributed by atoms with van der Waals surface area (Å²) in [6.45, 7) is 7.80. The number of rotatable bonds is 8. The third-order valence-corrected chi connectivity index (χ3v) is 4.14. The first-order valence-corrected chi connectivity index (χ1v) is 7.26. The van der Waals surface area contributed by atoms with Gasteiger partial charge in [0.15, 0.2) is 0 Å². The second-order valence-electron chi connectivity index (χ2n) is 5.89. The molecule has 1 atom stereocenters. The molecule has 1 aliphatic carbocycles. The van der Waals surface area contributed by atoms with Crippen molar-refractivity contribution >= 4 is 0 Å². The molecule has 1 N–H and O–H groups in total. The molecule has 3 heteroatoms. The average molecular weight is 240 g/mol. The van der Waals surface area contributed by atoms with E-state index in [1.807, 2.05) is 0 Å². The minimum atomic E-state index is 0.380. The standard InChI is InChI=1S/C14H28N2O/c1-3-4-8-16(13-5-6-13)11-14(10-15-2)7-9-17-12-14/h13,15H,3-12H2,1-2H3. The molecule has 1 heterocycles. The number of nitrogens with zero attached hydrogens (tertiary/aromatic N) is 1. The number of unbranched alkanes of at least 4 members (excludes halogenated alkanes) is 1. The lowest BCUT2D eigenvalue weighted by atomic mass is 9.86. The topological polar surface area (TPSA) is 24.5 Å². The Labute approximate surface area is 106 Å². The van der Waals surface area contributed by atoms with E-state index in [-0.39, 0.29) is 0 Å². The molecule has 100 valence electrons. The Balaban J connectivity index is 1.89. The van der Waals surface area contributed by atoms with Crippen molar-refractivity contribution in [2.75, 3.05) is 39.9 Å². The first-order chi connectivity index (χ1) is 8.29. The lowest BCUT2D eigenvalue weighted by Gasteiger charge is -2.34. The lowest BCUT2D eigenvalue weighted by molar-refractivity contribution is 0.105. The molecule has 1 aliphatic heterocycles. The van der Waals surface area contributed by atoms with Gasteiger partial charge in [-0.25, -0.2) is 0 Å². The van der Waals surface area contributed by atoms with E-state index in [1.165, 1.54) is 45.2 Å². The fraction of sp³-hybridized carbons (Fsp3) is 1.00. The van der Waals surface area contributed by atoms with Crippen molar-refractivity contribution in [2.24, 2.45) is 5.41 Å². The Hall–Kier alpha value is -0.120. The van der Waals surface area contributed by atoms with Crippen LogP contribution in [0.15, 0.2) is 0 Å². The zero-order valence-electron chi connectivity index (χ0n) is 11.5. The molecule has 0 aromatic carbocycles. The van der Waals surface area contributed by atoms with E-state index in [4.69, 9.17) is 4.74 Å². The van der Waals surface area contributed by atoms with Gasteiger partial charge in [0.2, 0.25) is 0 Å². The van der Waals surface area contributed by atoms with Gasteiger partial charge in [-0.15, -0.1) is 0 Å². The third-order valence-electron chi connectivity index (χ3n) is 4.14. The highest BCUT2D eigenvalue weighted by Crippen LogP contribution is 2.34. The fourth-order valence-electron chi connectivity index (χ4n) is 2.97. The van der Waals surface area contributed by atoms with E-state index >= 15 is 0 Å². The Bertz CT molecular complexity index is 222. The van der Waals surface area contributed by atoms with Gasteiger partial charge in [-0.2, -0.15) is 0 Å². The second-order valence-corrected chi connectivity index (χ2v) is 5.89.